The molecule has 0 heterocycles. The molecule has 68 valence electrons. The summed E-state index contributed by atoms with van der Waals surface area (Å²) in [5.74, 6) is 1.08. The van der Waals surface area contributed by atoms with Crippen molar-refractivity contribution >= 4 is 17.5 Å². The van der Waals surface area contributed by atoms with Crippen molar-refractivity contribution in [2.45, 2.75) is 26.8 Å². The van der Waals surface area contributed by atoms with Crippen molar-refractivity contribution in [2.75, 3.05) is 19.1 Å². The molecule has 0 aliphatic carbocycles. The number of nitrogens with one attached hydrogen (secondary N) is 1. The highest BCUT2D eigenvalue weighted by atomic mass is 32.2. The van der Waals surface area contributed by atoms with E-state index in [1.54, 1.807) is 18.7 Å². The van der Waals surface area contributed by atoms with E-state index in [1.165, 1.54) is 0 Å². The number of Topliss-reactive ketones (excluding diaryl/α,β-unsaturated/α-hetero) is 1. The maximum atomic E-state index is 10.7. The van der Waals surface area contributed by atoms with Crippen LogP contribution in [0.15, 0.2) is 0 Å². The average molecular weight is 177 g/mol. The summed E-state index contributed by atoms with van der Waals surface area (Å²) in [6.07, 6.45) is 1.99. The van der Waals surface area contributed by atoms with Gasteiger partial charge in [0, 0.05) is 5.75 Å². The molecule has 0 rings (SSSR count). The summed E-state index contributed by atoms with van der Waals surface area (Å²) in [5.41, 5.74) is 0. The van der Waals surface area contributed by atoms with E-state index in [4.69, 9.17) is 0 Å². The molecular formula is C8H19NOS. The van der Waals surface area contributed by atoms with Crippen molar-refractivity contribution in [3.05, 3.63) is 0 Å². The number of carbonyl (C=O) groups is 1. The first kappa shape index (κ1) is 13.6. The number of rotatable bonds is 4. The maximum Gasteiger partial charge on any atom is 0.147 e. The molecule has 0 fully saturated rings. The minimum absolute atomic E-state index is 0.0417. The molecule has 1 N–H and O–H groups in total. The number of hydrogen-bond donors (Lipinski definition) is 1. The van der Waals surface area contributed by atoms with Gasteiger partial charge in [-0.15, -0.1) is 0 Å². The topological polar surface area (TPSA) is 29.1 Å². The van der Waals surface area contributed by atoms with Crippen LogP contribution in [0.2, 0.25) is 0 Å². The molecule has 0 unspecified atom stereocenters. The zero-order chi connectivity index (χ0) is 9.28. The van der Waals surface area contributed by atoms with Gasteiger partial charge in [-0.25, -0.2) is 0 Å². The van der Waals surface area contributed by atoms with Gasteiger partial charge >= 0.3 is 0 Å². The van der Waals surface area contributed by atoms with Gasteiger partial charge in [0.15, 0.2) is 0 Å². The zero-order valence-corrected chi connectivity index (χ0v) is 8.92. The van der Waals surface area contributed by atoms with Crippen molar-refractivity contribution in [1.29, 1.82) is 0 Å². The van der Waals surface area contributed by atoms with E-state index in [0.29, 0.717) is 0 Å². The Hall–Kier alpha value is -0.0200. The van der Waals surface area contributed by atoms with Gasteiger partial charge in [-0.05, 0) is 20.2 Å². The second-order valence-electron chi connectivity index (χ2n) is 1.91. The van der Waals surface area contributed by atoms with Gasteiger partial charge in [-0.1, -0.05) is 13.8 Å². The van der Waals surface area contributed by atoms with Gasteiger partial charge in [-0.2, -0.15) is 11.8 Å². The van der Waals surface area contributed by atoms with Gasteiger partial charge in [-0.3, -0.25) is 4.79 Å². The standard InChI is InChI=1S/C6H13NOS.C2H6/c1-5(8)6(7-2)4-9-3;1-2/h6-7H,4H2,1-3H3;1-2H3/t6-;/m1./s1. The fourth-order valence-electron chi connectivity index (χ4n) is 0.571. The van der Waals surface area contributed by atoms with E-state index in [1.807, 2.05) is 27.2 Å². The molecule has 0 spiro atoms. The van der Waals surface area contributed by atoms with Gasteiger partial charge in [0.25, 0.3) is 0 Å². The van der Waals surface area contributed by atoms with E-state index < -0.39 is 0 Å². The van der Waals surface area contributed by atoms with Crippen LogP contribution in [0, 0.1) is 0 Å². The Morgan fingerprint density at radius 1 is 1.55 bits per heavy atom. The quantitative estimate of drug-likeness (QED) is 0.706. The molecule has 2 nitrogen and oxygen atoms in total. The Bertz CT molecular complexity index is 96.1. The van der Waals surface area contributed by atoms with Crippen molar-refractivity contribution in [3.63, 3.8) is 0 Å². The predicted molar refractivity (Wildman–Crippen MR) is 53.3 cm³/mol. The van der Waals surface area contributed by atoms with Crippen molar-refractivity contribution in [3.8, 4) is 0 Å². The first-order chi connectivity index (χ1) is 5.22. The Labute approximate surface area is 74.1 Å². The lowest BCUT2D eigenvalue weighted by Crippen LogP contribution is -2.34. The number of thioether (sulfide) groups is 1. The molecule has 3 heteroatoms. The molecule has 1 atom stereocenters. The minimum Gasteiger partial charge on any atom is -0.310 e. The summed E-state index contributed by atoms with van der Waals surface area (Å²) in [6.45, 7) is 5.61. The fraction of sp³-hybridized carbons (Fsp3) is 0.875. The average Bonchev–Trinajstić information content (AvgIpc) is 2.03. The summed E-state index contributed by atoms with van der Waals surface area (Å²) in [7, 11) is 1.81. The lowest BCUT2D eigenvalue weighted by atomic mass is 10.2. The van der Waals surface area contributed by atoms with E-state index in [-0.39, 0.29) is 11.8 Å². The third-order valence-electron chi connectivity index (χ3n) is 1.17. The van der Waals surface area contributed by atoms with Crippen LogP contribution < -0.4 is 5.32 Å². The van der Waals surface area contributed by atoms with Gasteiger partial charge in [0.2, 0.25) is 0 Å². The molecule has 0 radical (unpaired) electrons. The van der Waals surface area contributed by atoms with E-state index >= 15 is 0 Å². The second kappa shape index (κ2) is 9.98. The maximum absolute atomic E-state index is 10.7. The lowest BCUT2D eigenvalue weighted by molar-refractivity contribution is -0.118. The third kappa shape index (κ3) is 7.88. The van der Waals surface area contributed by atoms with Gasteiger partial charge in [0.05, 0.1) is 6.04 Å². The first-order valence-corrected chi connectivity index (χ1v) is 5.28. The molecule has 0 aliphatic rings. The summed E-state index contributed by atoms with van der Waals surface area (Å²) in [5, 5.41) is 2.93. The largest absolute Gasteiger partial charge is 0.310 e. The molecule has 0 saturated carbocycles. The normalized spacial score (nSPS) is 11.4. The van der Waals surface area contributed by atoms with Crippen LogP contribution in [0.5, 0.6) is 0 Å². The SMILES string of the molecule is CC.CN[C@H](CSC)C(C)=O. The molecule has 0 aromatic heterocycles. The number of carbonyl (C=O) groups excluding carboxylic acids is 1. The smallest absolute Gasteiger partial charge is 0.147 e. The number of likely N-dealkylation sites (N-methyl/N-ethyl adjacent to an activating group) is 1. The number of ketones is 1. The van der Waals surface area contributed by atoms with Gasteiger partial charge in [0.1, 0.15) is 5.78 Å². The van der Waals surface area contributed by atoms with Crippen LogP contribution in [-0.2, 0) is 4.79 Å². The van der Waals surface area contributed by atoms with Crippen molar-refractivity contribution in [2.24, 2.45) is 0 Å². The Balaban J connectivity index is 0. The molecular weight excluding hydrogens is 158 g/mol. The molecule has 0 bridgehead atoms. The van der Waals surface area contributed by atoms with Crippen LogP contribution in [0.1, 0.15) is 20.8 Å². The van der Waals surface area contributed by atoms with Gasteiger partial charge < -0.3 is 5.32 Å². The van der Waals surface area contributed by atoms with Crippen LogP contribution in [0.25, 0.3) is 0 Å². The Kier molecular flexibility index (Phi) is 12.3. The van der Waals surface area contributed by atoms with Crippen LogP contribution in [-0.4, -0.2) is 30.9 Å². The van der Waals surface area contributed by atoms with Crippen LogP contribution in [0.3, 0.4) is 0 Å². The van der Waals surface area contributed by atoms with Crippen LogP contribution >= 0.6 is 11.8 Å². The van der Waals surface area contributed by atoms with E-state index in [9.17, 15) is 4.79 Å². The molecule has 11 heavy (non-hydrogen) atoms. The Morgan fingerprint density at radius 3 is 2.09 bits per heavy atom. The van der Waals surface area contributed by atoms with E-state index in [2.05, 4.69) is 5.32 Å². The third-order valence-corrected chi connectivity index (χ3v) is 1.84. The lowest BCUT2D eigenvalue weighted by Gasteiger charge is -2.09. The van der Waals surface area contributed by atoms with Crippen LogP contribution in [0.4, 0.5) is 0 Å². The highest BCUT2D eigenvalue weighted by molar-refractivity contribution is 7.98. The molecule has 0 aliphatic heterocycles. The van der Waals surface area contributed by atoms with E-state index in [0.717, 1.165) is 5.75 Å². The molecule has 0 aromatic rings. The molecule has 0 aromatic carbocycles. The summed E-state index contributed by atoms with van der Waals surface area (Å²) in [6, 6.07) is 0.0417. The fourth-order valence-corrected chi connectivity index (χ4v) is 1.31. The predicted octanol–water partition coefficient (Wildman–Crippen LogP) is 1.55. The number of hydrogen-bond acceptors (Lipinski definition) is 3. The summed E-state index contributed by atoms with van der Waals surface area (Å²) < 4.78 is 0. The van der Waals surface area contributed by atoms with Crippen molar-refractivity contribution < 1.29 is 4.79 Å². The zero-order valence-electron chi connectivity index (χ0n) is 8.10. The highest BCUT2D eigenvalue weighted by Gasteiger charge is 2.08. The van der Waals surface area contributed by atoms with Crippen molar-refractivity contribution in [1.82, 2.24) is 5.32 Å². The minimum atomic E-state index is 0.0417. The summed E-state index contributed by atoms with van der Waals surface area (Å²) >= 11 is 1.68. The Morgan fingerprint density at radius 2 is 2.00 bits per heavy atom. The second-order valence-corrected chi connectivity index (χ2v) is 2.82. The first-order valence-electron chi connectivity index (χ1n) is 3.89. The summed E-state index contributed by atoms with van der Waals surface area (Å²) in [4.78, 5) is 10.7. The molecule has 0 amide bonds. The monoisotopic (exact) mass is 177 g/mol. The highest BCUT2D eigenvalue weighted by Crippen LogP contribution is 1.96. The molecule has 0 saturated heterocycles.